The van der Waals surface area contributed by atoms with Crippen LogP contribution in [0, 0.1) is 19.8 Å². The summed E-state index contributed by atoms with van der Waals surface area (Å²) >= 11 is 0. The lowest BCUT2D eigenvalue weighted by Crippen LogP contribution is -2.50. The van der Waals surface area contributed by atoms with Gasteiger partial charge in [-0.25, -0.2) is 0 Å². The van der Waals surface area contributed by atoms with Gasteiger partial charge in [0.05, 0.1) is 24.8 Å². The van der Waals surface area contributed by atoms with Gasteiger partial charge in [0.2, 0.25) is 5.91 Å². The van der Waals surface area contributed by atoms with E-state index in [1.54, 1.807) is 0 Å². The van der Waals surface area contributed by atoms with Crippen LogP contribution in [0.25, 0.3) is 0 Å². The smallest absolute Gasteiger partial charge is 0.224 e. The van der Waals surface area contributed by atoms with Crippen LogP contribution in [0.2, 0.25) is 0 Å². The molecule has 23 heavy (non-hydrogen) atoms. The Bertz CT molecular complexity index is 520. The molecule has 0 radical (unpaired) electrons. The van der Waals surface area contributed by atoms with Crippen molar-refractivity contribution in [2.45, 2.75) is 58.1 Å². The number of amides is 1. The van der Waals surface area contributed by atoms with Crippen molar-refractivity contribution in [3.8, 4) is 0 Å². The molecule has 128 valence electrons. The number of rotatable bonds is 6. The van der Waals surface area contributed by atoms with Crippen LogP contribution >= 0.6 is 0 Å². The second-order valence-electron chi connectivity index (χ2n) is 6.80. The maximum absolute atomic E-state index is 12.4. The second-order valence-corrected chi connectivity index (χ2v) is 6.80. The second kappa shape index (κ2) is 7.45. The van der Waals surface area contributed by atoms with Gasteiger partial charge in [-0.3, -0.25) is 9.89 Å². The highest BCUT2D eigenvalue weighted by Gasteiger charge is 2.29. The fraction of sp³-hybridized carbons (Fsp3) is 0.765. The standard InChI is InChI=1S/C17H27N3O3/c1-11-14(12(2)20-19-11)8-17(21)18-15-6-7-22-10-16(15)23-9-13-4-3-5-13/h13,15-16H,3-10H2,1-2H3,(H,18,21)(H,19,20)/t15-,16-/m1/s1. The van der Waals surface area contributed by atoms with E-state index in [2.05, 4.69) is 15.5 Å². The van der Waals surface area contributed by atoms with Crippen molar-refractivity contribution in [3.63, 3.8) is 0 Å². The van der Waals surface area contributed by atoms with Crippen molar-refractivity contribution in [3.05, 3.63) is 17.0 Å². The molecule has 2 aliphatic rings. The molecule has 1 aliphatic carbocycles. The third kappa shape index (κ3) is 4.12. The van der Waals surface area contributed by atoms with E-state index in [0.717, 1.165) is 30.0 Å². The number of hydrogen-bond donors (Lipinski definition) is 2. The van der Waals surface area contributed by atoms with E-state index in [-0.39, 0.29) is 18.1 Å². The van der Waals surface area contributed by atoms with Crippen LogP contribution in [0.5, 0.6) is 0 Å². The Morgan fingerprint density at radius 3 is 2.87 bits per heavy atom. The van der Waals surface area contributed by atoms with E-state index >= 15 is 0 Å². The van der Waals surface area contributed by atoms with Crippen molar-refractivity contribution < 1.29 is 14.3 Å². The fourth-order valence-corrected chi connectivity index (χ4v) is 3.21. The van der Waals surface area contributed by atoms with E-state index < -0.39 is 0 Å². The van der Waals surface area contributed by atoms with Gasteiger partial charge in [-0.15, -0.1) is 0 Å². The number of nitrogens with one attached hydrogen (secondary N) is 2. The summed E-state index contributed by atoms with van der Waals surface area (Å²) in [5.74, 6) is 0.728. The Balaban J connectivity index is 1.52. The number of H-pyrrole nitrogens is 1. The average molecular weight is 321 g/mol. The highest BCUT2D eigenvalue weighted by Crippen LogP contribution is 2.27. The summed E-state index contributed by atoms with van der Waals surface area (Å²) < 4.78 is 11.6. The van der Waals surface area contributed by atoms with Crippen molar-refractivity contribution in [1.82, 2.24) is 15.5 Å². The predicted octanol–water partition coefficient (Wildman–Crippen LogP) is 1.66. The summed E-state index contributed by atoms with van der Waals surface area (Å²) in [7, 11) is 0. The molecule has 6 nitrogen and oxygen atoms in total. The third-order valence-electron chi connectivity index (χ3n) is 5.04. The number of hydrogen-bond acceptors (Lipinski definition) is 4. The minimum absolute atomic E-state index is 0.0279. The molecule has 2 fully saturated rings. The maximum Gasteiger partial charge on any atom is 0.224 e. The SMILES string of the molecule is Cc1n[nH]c(C)c1CC(=O)N[C@@H]1CCOC[C@H]1OCC1CCC1. The first-order valence-electron chi connectivity index (χ1n) is 8.62. The predicted molar refractivity (Wildman–Crippen MR) is 86.2 cm³/mol. The topological polar surface area (TPSA) is 76.2 Å². The average Bonchev–Trinajstić information content (AvgIpc) is 2.79. The molecule has 1 aliphatic heterocycles. The molecule has 0 unspecified atom stereocenters. The molecule has 1 saturated heterocycles. The largest absolute Gasteiger partial charge is 0.379 e. The van der Waals surface area contributed by atoms with Crippen LogP contribution in [-0.2, 0) is 20.7 Å². The number of carbonyl (C=O) groups excluding carboxylic acids is 1. The minimum atomic E-state index is -0.0279. The number of aryl methyl sites for hydroxylation is 2. The molecule has 1 saturated carbocycles. The molecule has 1 aromatic rings. The zero-order valence-corrected chi connectivity index (χ0v) is 14.1. The number of aromatic amines is 1. The summed E-state index contributed by atoms with van der Waals surface area (Å²) in [6, 6.07) is 0.0452. The number of carbonyl (C=O) groups is 1. The third-order valence-corrected chi connectivity index (χ3v) is 5.04. The summed E-state index contributed by atoms with van der Waals surface area (Å²) in [5, 5.41) is 10.2. The number of ether oxygens (including phenoxy) is 2. The van der Waals surface area contributed by atoms with Crippen molar-refractivity contribution in [1.29, 1.82) is 0 Å². The van der Waals surface area contributed by atoms with Crippen LogP contribution in [-0.4, -0.2) is 48.1 Å². The quantitative estimate of drug-likeness (QED) is 0.835. The van der Waals surface area contributed by atoms with Gasteiger partial charge in [0.25, 0.3) is 0 Å². The van der Waals surface area contributed by atoms with Gasteiger partial charge >= 0.3 is 0 Å². The van der Waals surface area contributed by atoms with Crippen LogP contribution in [0.1, 0.15) is 42.6 Å². The molecule has 0 spiro atoms. The normalized spacial score (nSPS) is 25.1. The van der Waals surface area contributed by atoms with Crippen LogP contribution < -0.4 is 5.32 Å². The molecular formula is C17H27N3O3. The Hall–Kier alpha value is -1.40. The van der Waals surface area contributed by atoms with Crippen molar-refractivity contribution in [2.24, 2.45) is 5.92 Å². The van der Waals surface area contributed by atoms with Crippen molar-refractivity contribution >= 4 is 5.91 Å². The Morgan fingerprint density at radius 1 is 1.39 bits per heavy atom. The molecular weight excluding hydrogens is 294 g/mol. The molecule has 2 atom stereocenters. The molecule has 1 aromatic heterocycles. The monoisotopic (exact) mass is 321 g/mol. The molecule has 0 bridgehead atoms. The first-order chi connectivity index (χ1) is 11.1. The van der Waals surface area contributed by atoms with Crippen molar-refractivity contribution in [2.75, 3.05) is 19.8 Å². The highest BCUT2D eigenvalue weighted by molar-refractivity contribution is 5.79. The number of nitrogens with zero attached hydrogens (tertiary/aromatic N) is 1. The van der Waals surface area contributed by atoms with Gasteiger partial charge in [-0.05, 0) is 39.0 Å². The molecule has 3 rings (SSSR count). The van der Waals surface area contributed by atoms with Gasteiger partial charge < -0.3 is 14.8 Å². The minimum Gasteiger partial charge on any atom is -0.379 e. The highest BCUT2D eigenvalue weighted by atomic mass is 16.5. The van der Waals surface area contributed by atoms with Gasteiger partial charge in [0, 0.05) is 24.5 Å². The molecule has 1 amide bonds. The van der Waals surface area contributed by atoms with Gasteiger partial charge in [0.15, 0.2) is 0 Å². The zero-order chi connectivity index (χ0) is 16.2. The van der Waals surface area contributed by atoms with Gasteiger partial charge in [0.1, 0.15) is 6.10 Å². The molecule has 2 heterocycles. The summed E-state index contributed by atoms with van der Waals surface area (Å²) in [4.78, 5) is 12.4. The van der Waals surface area contributed by atoms with E-state index in [1.165, 1.54) is 19.3 Å². The summed E-state index contributed by atoms with van der Waals surface area (Å²) in [5.41, 5.74) is 2.84. The lowest BCUT2D eigenvalue weighted by molar-refractivity contribution is -0.126. The van der Waals surface area contributed by atoms with E-state index in [0.29, 0.717) is 25.6 Å². The Labute approximate surface area is 137 Å². The lowest BCUT2D eigenvalue weighted by Gasteiger charge is -2.34. The molecule has 2 N–H and O–H groups in total. The summed E-state index contributed by atoms with van der Waals surface area (Å²) in [6.07, 6.45) is 5.00. The van der Waals surface area contributed by atoms with Crippen LogP contribution in [0.15, 0.2) is 0 Å². The van der Waals surface area contributed by atoms with Gasteiger partial charge in [-0.2, -0.15) is 5.10 Å². The fourth-order valence-electron chi connectivity index (χ4n) is 3.21. The van der Waals surface area contributed by atoms with Crippen LogP contribution in [0.4, 0.5) is 0 Å². The first kappa shape index (κ1) is 16.5. The van der Waals surface area contributed by atoms with E-state index in [4.69, 9.17) is 9.47 Å². The summed E-state index contributed by atoms with van der Waals surface area (Å²) in [6.45, 7) is 5.91. The zero-order valence-electron chi connectivity index (χ0n) is 14.1. The first-order valence-corrected chi connectivity index (χ1v) is 8.62. The maximum atomic E-state index is 12.4. The van der Waals surface area contributed by atoms with Gasteiger partial charge in [-0.1, -0.05) is 6.42 Å². The lowest BCUT2D eigenvalue weighted by atomic mass is 9.86. The van der Waals surface area contributed by atoms with E-state index in [1.807, 2.05) is 13.8 Å². The molecule has 0 aromatic carbocycles. The van der Waals surface area contributed by atoms with E-state index in [9.17, 15) is 4.79 Å². The Kier molecular flexibility index (Phi) is 5.33. The number of aromatic nitrogens is 2. The molecule has 6 heteroatoms. The van der Waals surface area contributed by atoms with Crippen LogP contribution in [0.3, 0.4) is 0 Å². The Morgan fingerprint density at radius 2 is 2.22 bits per heavy atom.